The van der Waals surface area contributed by atoms with E-state index in [1.165, 1.54) is 11.8 Å². The van der Waals surface area contributed by atoms with Crippen LogP contribution >= 0.6 is 23.1 Å². The Labute approximate surface area is 205 Å². The molecule has 6 nitrogen and oxygen atoms in total. The average molecular weight is 485 g/mol. The number of benzene rings is 3. The zero-order valence-electron chi connectivity index (χ0n) is 18.2. The third-order valence-corrected chi connectivity index (χ3v) is 6.65. The van der Waals surface area contributed by atoms with Gasteiger partial charge in [0.1, 0.15) is 0 Å². The number of aromatic nitrogens is 1. The fraction of sp³-hybridized carbons (Fsp3) is 0.0769. The highest BCUT2D eigenvalue weighted by molar-refractivity contribution is 8.00. The van der Waals surface area contributed by atoms with Crippen LogP contribution in [0.15, 0.2) is 83.1 Å². The summed E-state index contributed by atoms with van der Waals surface area (Å²) in [7, 11) is 0. The molecular weight excluding hydrogens is 464 g/mol. The molecule has 3 aromatic carbocycles. The van der Waals surface area contributed by atoms with E-state index in [4.69, 9.17) is 5.26 Å². The standard InChI is InChI=1S/C26H20N4O2S2/c1-17-28-23(15-33-17)19-7-5-9-21(13-19)30-26(32)22-10-2-3-11-24(22)34-16-25(31)29-20-8-4-6-18(12-20)14-27/h2-13,15H,16H2,1H3,(H,29,31)(H,30,32). The summed E-state index contributed by atoms with van der Waals surface area (Å²) < 4.78 is 0. The molecule has 0 unspecified atom stereocenters. The number of nitrogens with one attached hydrogen (secondary N) is 2. The SMILES string of the molecule is Cc1nc(-c2cccc(NC(=O)c3ccccc3SCC(=O)Nc3cccc(C#N)c3)c2)cs1. The zero-order chi connectivity index (χ0) is 23.9. The van der Waals surface area contributed by atoms with Gasteiger partial charge in [-0.05, 0) is 49.4 Å². The highest BCUT2D eigenvalue weighted by Gasteiger charge is 2.14. The summed E-state index contributed by atoms with van der Waals surface area (Å²) in [5, 5.41) is 17.7. The van der Waals surface area contributed by atoms with Gasteiger partial charge in [-0.3, -0.25) is 9.59 Å². The first kappa shape index (κ1) is 23.2. The van der Waals surface area contributed by atoms with Crippen LogP contribution in [-0.4, -0.2) is 22.6 Å². The van der Waals surface area contributed by atoms with E-state index in [1.807, 2.05) is 54.8 Å². The molecule has 4 aromatic rings. The minimum Gasteiger partial charge on any atom is -0.325 e. The minimum atomic E-state index is -0.253. The lowest BCUT2D eigenvalue weighted by molar-refractivity contribution is -0.113. The molecule has 34 heavy (non-hydrogen) atoms. The normalized spacial score (nSPS) is 10.4. The van der Waals surface area contributed by atoms with Gasteiger partial charge in [0.25, 0.3) is 5.91 Å². The molecule has 0 aliphatic rings. The molecule has 0 aliphatic heterocycles. The van der Waals surface area contributed by atoms with Crippen molar-refractivity contribution in [2.75, 3.05) is 16.4 Å². The van der Waals surface area contributed by atoms with Crippen molar-refractivity contribution in [2.45, 2.75) is 11.8 Å². The van der Waals surface area contributed by atoms with Crippen molar-refractivity contribution in [1.82, 2.24) is 4.98 Å². The lowest BCUT2D eigenvalue weighted by atomic mass is 10.1. The summed E-state index contributed by atoms with van der Waals surface area (Å²) in [4.78, 5) is 30.6. The van der Waals surface area contributed by atoms with Gasteiger partial charge in [0.05, 0.1) is 33.7 Å². The maximum Gasteiger partial charge on any atom is 0.256 e. The van der Waals surface area contributed by atoms with E-state index in [0.29, 0.717) is 27.4 Å². The van der Waals surface area contributed by atoms with E-state index in [2.05, 4.69) is 15.6 Å². The highest BCUT2D eigenvalue weighted by Crippen LogP contribution is 2.27. The van der Waals surface area contributed by atoms with Crippen LogP contribution in [0.4, 0.5) is 11.4 Å². The van der Waals surface area contributed by atoms with E-state index in [-0.39, 0.29) is 17.6 Å². The largest absolute Gasteiger partial charge is 0.325 e. The van der Waals surface area contributed by atoms with Crippen molar-refractivity contribution in [2.24, 2.45) is 0 Å². The van der Waals surface area contributed by atoms with Crippen LogP contribution in [0.3, 0.4) is 0 Å². The summed E-state index contributed by atoms with van der Waals surface area (Å²) in [6, 6.07) is 23.5. The van der Waals surface area contributed by atoms with Crippen LogP contribution in [0.5, 0.6) is 0 Å². The molecule has 0 fully saturated rings. The lowest BCUT2D eigenvalue weighted by Crippen LogP contribution is -2.16. The Bertz CT molecular complexity index is 1390. The molecule has 1 aromatic heterocycles. The van der Waals surface area contributed by atoms with Crippen molar-refractivity contribution in [3.8, 4) is 17.3 Å². The number of thiazole rings is 1. The number of anilines is 2. The Morgan fingerprint density at radius 2 is 1.76 bits per heavy atom. The van der Waals surface area contributed by atoms with E-state index in [1.54, 1.807) is 47.7 Å². The Morgan fingerprint density at radius 3 is 2.53 bits per heavy atom. The van der Waals surface area contributed by atoms with Gasteiger partial charge in [-0.15, -0.1) is 23.1 Å². The third-order valence-electron chi connectivity index (χ3n) is 4.80. The minimum absolute atomic E-state index is 0.125. The van der Waals surface area contributed by atoms with E-state index in [9.17, 15) is 9.59 Å². The van der Waals surface area contributed by atoms with Gasteiger partial charge in [-0.25, -0.2) is 4.98 Å². The van der Waals surface area contributed by atoms with Gasteiger partial charge < -0.3 is 10.6 Å². The van der Waals surface area contributed by atoms with Crippen molar-refractivity contribution < 1.29 is 9.59 Å². The van der Waals surface area contributed by atoms with E-state index in [0.717, 1.165) is 16.3 Å². The zero-order valence-corrected chi connectivity index (χ0v) is 19.9. The van der Waals surface area contributed by atoms with Crippen LogP contribution in [0, 0.1) is 18.3 Å². The fourth-order valence-corrected chi connectivity index (χ4v) is 4.71. The molecule has 0 atom stereocenters. The second kappa shape index (κ2) is 10.8. The number of rotatable bonds is 7. The number of thioether (sulfide) groups is 1. The molecule has 2 N–H and O–H groups in total. The molecule has 1 heterocycles. The van der Waals surface area contributed by atoms with Crippen LogP contribution in [0.2, 0.25) is 0 Å². The summed E-state index contributed by atoms with van der Waals surface area (Å²) >= 11 is 2.86. The molecule has 0 bridgehead atoms. The number of carbonyl (C=O) groups excluding carboxylic acids is 2. The number of nitriles is 1. The van der Waals surface area contributed by atoms with Gasteiger partial charge in [0.15, 0.2) is 0 Å². The first-order valence-electron chi connectivity index (χ1n) is 10.4. The molecule has 0 saturated heterocycles. The Balaban J connectivity index is 1.42. The maximum absolute atomic E-state index is 13.0. The lowest BCUT2D eigenvalue weighted by Gasteiger charge is -2.11. The second-order valence-electron chi connectivity index (χ2n) is 7.31. The quantitative estimate of drug-likeness (QED) is 0.315. The number of hydrogen-bond acceptors (Lipinski definition) is 6. The molecular formula is C26H20N4O2S2. The molecule has 0 aliphatic carbocycles. The molecule has 8 heteroatoms. The van der Waals surface area contributed by atoms with E-state index < -0.39 is 0 Å². The molecule has 0 spiro atoms. The topological polar surface area (TPSA) is 94.9 Å². The summed E-state index contributed by atoms with van der Waals surface area (Å²) in [5.74, 6) is -0.349. The predicted molar refractivity (Wildman–Crippen MR) is 137 cm³/mol. The van der Waals surface area contributed by atoms with Crippen molar-refractivity contribution in [1.29, 1.82) is 5.26 Å². The monoisotopic (exact) mass is 484 g/mol. The summed E-state index contributed by atoms with van der Waals surface area (Å²) in [6.45, 7) is 1.96. The molecule has 4 rings (SSSR count). The fourth-order valence-electron chi connectivity index (χ4n) is 3.24. The highest BCUT2D eigenvalue weighted by atomic mass is 32.2. The number of amides is 2. The Hall–Kier alpha value is -3.93. The third kappa shape index (κ3) is 5.90. The number of carbonyl (C=O) groups is 2. The molecule has 0 saturated carbocycles. The average Bonchev–Trinajstić information content (AvgIpc) is 3.29. The van der Waals surface area contributed by atoms with Crippen LogP contribution in [-0.2, 0) is 4.79 Å². The van der Waals surface area contributed by atoms with Gasteiger partial charge in [0.2, 0.25) is 5.91 Å². The smallest absolute Gasteiger partial charge is 0.256 e. The summed E-state index contributed by atoms with van der Waals surface area (Å²) in [6.07, 6.45) is 0. The molecule has 168 valence electrons. The summed E-state index contributed by atoms with van der Waals surface area (Å²) in [5.41, 5.74) is 4.00. The van der Waals surface area contributed by atoms with Crippen molar-refractivity contribution >= 4 is 46.3 Å². The van der Waals surface area contributed by atoms with Crippen LogP contribution < -0.4 is 10.6 Å². The number of hydrogen-bond donors (Lipinski definition) is 2. The van der Waals surface area contributed by atoms with E-state index >= 15 is 0 Å². The van der Waals surface area contributed by atoms with Crippen molar-refractivity contribution in [3.63, 3.8) is 0 Å². The van der Waals surface area contributed by atoms with Gasteiger partial charge in [0, 0.05) is 27.2 Å². The first-order valence-corrected chi connectivity index (χ1v) is 12.2. The van der Waals surface area contributed by atoms with Crippen LogP contribution in [0.25, 0.3) is 11.3 Å². The molecule has 2 amide bonds. The Morgan fingerprint density at radius 1 is 1.00 bits per heavy atom. The van der Waals surface area contributed by atoms with Gasteiger partial charge in [-0.2, -0.15) is 5.26 Å². The first-order chi connectivity index (χ1) is 16.5. The predicted octanol–water partition coefficient (Wildman–Crippen LogP) is 5.97. The second-order valence-corrected chi connectivity index (χ2v) is 9.39. The van der Waals surface area contributed by atoms with Gasteiger partial charge >= 0.3 is 0 Å². The number of aryl methyl sites for hydroxylation is 1. The number of nitrogens with zero attached hydrogens (tertiary/aromatic N) is 2. The van der Waals surface area contributed by atoms with Crippen LogP contribution in [0.1, 0.15) is 20.9 Å². The maximum atomic E-state index is 13.0. The Kier molecular flexibility index (Phi) is 7.38. The molecule has 0 radical (unpaired) electrons. The van der Waals surface area contributed by atoms with Gasteiger partial charge in [-0.1, -0.05) is 30.3 Å². The van der Waals surface area contributed by atoms with Crippen molar-refractivity contribution in [3.05, 3.63) is 94.3 Å².